The predicted octanol–water partition coefficient (Wildman–Crippen LogP) is 4.34. The highest BCUT2D eigenvalue weighted by atomic mass is 32.1. The van der Waals surface area contributed by atoms with Crippen LogP contribution < -0.4 is 5.32 Å². The van der Waals surface area contributed by atoms with Crippen LogP contribution in [-0.4, -0.2) is 6.04 Å². The Morgan fingerprint density at radius 2 is 1.71 bits per heavy atom. The first-order valence-corrected chi connectivity index (χ1v) is 9.07. The van der Waals surface area contributed by atoms with E-state index in [-0.39, 0.29) is 0 Å². The van der Waals surface area contributed by atoms with Gasteiger partial charge < -0.3 is 5.32 Å². The van der Waals surface area contributed by atoms with Gasteiger partial charge in [-0.2, -0.15) is 11.3 Å². The number of benzene rings is 1. The molecule has 2 aliphatic carbocycles. The van der Waals surface area contributed by atoms with Gasteiger partial charge in [0.1, 0.15) is 0 Å². The molecule has 110 valence electrons. The molecule has 1 saturated carbocycles. The van der Waals surface area contributed by atoms with E-state index in [4.69, 9.17) is 0 Å². The van der Waals surface area contributed by atoms with Gasteiger partial charge >= 0.3 is 0 Å². The van der Waals surface area contributed by atoms with E-state index >= 15 is 0 Å². The fourth-order valence-electron chi connectivity index (χ4n) is 4.28. The van der Waals surface area contributed by atoms with Crippen LogP contribution in [0, 0.1) is 18.8 Å². The largest absolute Gasteiger partial charge is 0.309 e. The molecule has 0 saturated heterocycles. The maximum Gasteiger partial charge on any atom is 0.0219 e. The molecule has 1 aromatic carbocycles. The third kappa shape index (κ3) is 2.56. The second-order valence-electron chi connectivity index (χ2n) is 6.76. The van der Waals surface area contributed by atoms with Gasteiger partial charge in [-0.3, -0.25) is 0 Å². The van der Waals surface area contributed by atoms with Crippen molar-refractivity contribution in [1.82, 2.24) is 5.32 Å². The molecular formula is C19H23NS. The Hall–Kier alpha value is -1.12. The van der Waals surface area contributed by atoms with Crippen LogP contribution in [0.5, 0.6) is 0 Å². The van der Waals surface area contributed by atoms with E-state index in [9.17, 15) is 0 Å². The number of aryl methyl sites for hydroxylation is 1. The SMILES string of the molecule is Cc1cscc1CNC1C2CCC1Cc1ccccc1C2. The lowest BCUT2D eigenvalue weighted by Crippen LogP contribution is -2.37. The highest BCUT2D eigenvalue weighted by Crippen LogP contribution is 2.40. The number of thiophene rings is 1. The van der Waals surface area contributed by atoms with Crippen LogP contribution >= 0.6 is 11.3 Å². The molecule has 2 aromatic rings. The minimum atomic E-state index is 0.705. The lowest BCUT2D eigenvalue weighted by atomic mass is 9.94. The van der Waals surface area contributed by atoms with Crippen LogP contribution in [0.4, 0.5) is 0 Å². The second-order valence-corrected chi connectivity index (χ2v) is 7.50. The molecule has 2 bridgehead atoms. The lowest BCUT2D eigenvalue weighted by Gasteiger charge is -2.24. The van der Waals surface area contributed by atoms with Crippen molar-refractivity contribution in [3.05, 3.63) is 57.3 Å². The van der Waals surface area contributed by atoms with E-state index in [0.29, 0.717) is 6.04 Å². The molecule has 4 rings (SSSR count). The zero-order valence-electron chi connectivity index (χ0n) is 12.6. The summed E-state index contributed by atoms with van der Waals surface area (Å²) in [4.78, 5) is 0. The summed E-state index contributed by atoms with van der Waals surface area (Å²) in [5, 5.41) is 8.47. The van der Waals surface area contributed by atoms with Gasteiger partial charge in [-0.15, -0.1) is 0 Å². The number of hydrogen-bond donors (Lipinski definition) is 1. The van der Waals surface area contributed by atoms with Gasteiger partial charge in [0.25, 0.3) is 0 Å². The monoisotopic (exact) mass is 297 g/mol. The van der Waals surface area contributed by atoms with Crippen LogP contribution in [0.1, 0.15) is 35.1 Å². The maximum atomic E-state index is 3.91. The molecule has 2 unspecified atom stereocenters. The van der Waals surface area contributed by atoms with Gasteiger partial charge in [0.2, 0.25) is 0 Å². The van der Waals surface area contributed by atoms with Crippen LogP contribution in [0.3, 0.4) is 0 Å². The van der Waals surface area contributed by atoms with Crippen LogP contribution in [0.25, 0.3) is 0 Å². The van der Waals surface area contributed by atoms with Crippen molar-refractivity contribution < 1.29 is 0 Å². The summed E-state index contributed by atoms with van der Waals surface area (Å²) < 4.78 is 0. The van der Waals surface area contributed by atoms with E-state index in [1.54, 1.807) is 11.1 Å². The molecule has 2 heteroatoms. The quantitative estimate of drug-likeness (QED) is 0.888. The van der Waals surface area contributed by atoms with Crippen molar-refractivity contribution in [2.45, 2.75) is 45.2 Å². The zero-order valence-corrected chi connectivity index (χ0v) is 13.5. The Bertz CT molecular complexity index is 597. The van der Waals surface area contributed by atoms with Crippen molar-refractivity contribution in [2.24, 2.45) is 11.8 Å². The smallest absolute Gasteiger partial charge is 0.0219 e. The fourth-order valence-corrected chi connectivity index (χ4v) is 5.14. The summed E-state index contributed by atoms with van der Waals surface area (Å²) >= 11 is 1.82. The summed E-state index contributed by atoms with van der Waals surface area (Å²) in [6, 6.07) is 9.80. The first-order valence-electron chi connectivity index (χ1n) is 8.13. The Balaban J connectivity index is 1.51. The predicted molar refractivity (Wildman–Crippen MR) is 89.7 cm³/mol. The van der Waals surface area contributed by atoms with Crippen LogP contribution in [0.2, 0.25) is 0 Å². The first-order chi connectivity index (χ1) is 10.3. The molecule has 2 aliphatic rings. The van der Waals surface area contributed by atoms with E-state index in [2.05, 4.69) is 47.3 Å². The Morgan fingerprint density at radius 3 is 2.29 bits per heavy atom. The molecule has 1 aromatic heterocycles. The Morgan fingerprint density at radius 1 is 1.05 bits per heavy atom. The molecule has 21 heavy (non-hydrogen) atoms. The Labute approximate surface area is 131 Å². The standard InChI is InChI=1S/C19H23NS/c1-13-11-21-12-18(13)10-20-19-16-6-7-17(19)9-15-5-3-2-4-14(15)8-16/h2-5,11-12,16-17,19-20H,6-10H2,1H3. The van der Waals surface area contributed by atoms with Crippen molar-refractivity contribution in [2.75, 3.05) is 0 Å². The highest BCUT2D eigenvalue weighted by molar-refractivity contribution is 7.08. The van der Waals surface area contributed by atoms with Crippen LogP contribution in [-0.2, 0) is 19.4 Å². The average molecular weight is 297 g/mol. The Kier molecular flexibility index (Phi) is 3.60. The number of nitrogens with one attached hydrogen (secondary N) is 1. The second kappa shape index (κ2) is 5.58. The molecular weight excluding hydrogens is 274 g/mol. The average Bonchev–Trinajstić information content (AvgIpc) is 2.99. The van der Waals surface area contributed by atoms with Crippen LogP contribution in [0.15, 0.2) is 35.0 Å². The summed E-state index contributed by atoms with van der Waals surface area (Å²) in [5.41, 5.74) is 6.13. The zero-order chi connectivity index (χ0) is 14.2. The lowest BCUT2D eigenvalue weighted by molar-refractivity contribution is 0.340. The number of hydrogen-bond acceptors (Lipinski definition) is 2. The van der Waals surface area contributed by atoms with E-state index in [1.165, 1.54) is 36.8 Å². The van der Waals surface area contributed by atoms with Gasteiger partial charge in [0.15, 0.2) is 0 Å². The van der Waals surface area contributed by atoms with E-state index in [1.807, 2.05) is 11.3 Å². The van der Waals surface area contributed by atoms with Gasteiger partial charge in [-0.25, -0.2) is 0 Å². The molecule has 0 radical (unpaired) electrons. The van der Waals surface area contributed by atoms with Crippen molar-refractivity contribution in [1.29, 1.82) is 0 Å². The minimum Gasteiger partial charge on any atom is -0.309 e. The minimum absolute atomic E-state index is 0.705. The number of rotatable bonds is 3. The first kappa shape index (κ1) is 13.5. The van der Waals surface area contributed by atoms with Crippen molar-refractivity contribution >= 4 is 11.3 Å². The molecule has 0 aliphatic heterocycles. The van der Waals surface area contributed by atoms with E-state index < -0.39 is 0 Å². The molecule has 2 atom stereocenters. The van der Waals surface area contributed by atoms with Gasteiger partial charge in [0, 0.05) is 12.6 Å². The summed E-state index contributed by atoms with van der Waals surface area (Å²) in [6.07, 6.45) is 5.35. The molecule has 1 heterocycles. The third-order valence-electron chi connectivity index (χ3n) is 5.50. The van der Waals surface area contributed by atoms with Gasteiger partial charge in [0.05, 0.1) is 0 Å². The van der Waals surface area contributed by atoms with E-state index in [0.717, 1.165) is 18.4 Å². The van der Waals surface area contributed by atoms with Crippen molar-refractivity contribution in [3.63, 3.8) is 0 Å². The highest BCUT2D eigenvalue weighted by Gasteiger charge is 2.38. The maximum absolute atomic E-state index is 3.91. The van der Waals surface area contributed by atoms with Gasteiger partial charge in [-0.1, -0.05) is 24.3 Å². The number of fused-ring (bicyclic) bond motifs is 3. The molecule has 0 spiro atoms. The van der Waals surface area contributed by atoms with Gasteiger partial charge in [-0.05, 0) is 77.5 Å². The third-order valence-corrected chi connectivity index (χ3v) is 6.41. The summed E-state index contributed by atoms with van der Waals surface area (Å²) in [5.74, 6) is 1.66. The summed E-state index contributed by atoms with van der Waals surface area (Å²) in [7, 11) is 0. The summed E-state index contributed by atoms with van der Waals surface area (Å²) in [6.45, 7) is 3.27. The fraction of sp³-hybridized carbons (Fsp3) is 0.474. The molecule has 0 amide bonds. The normalized spacial score (nSPS) is 27.4. The molecule has 1 fully saturated rings. The van der Waals surface area contributed by atoms with Crippen molar-refractivity contribution in [3.8, 4) is 0 Å². The molecule has 1 nitrogen and oxygen atoms in total. The topological polar surface area (TPSA) is 12.0 Å². The molecule has 1 N–H and O–H groups in total.